The van der Waals surface area contributed by atoms with Crippen molar-refractivity contribution in [2.75, 3.05) is 14.2 Å². The predicted octanol–water partition coefficient (Wildman–Crippen LogP) is 3.81. The molecule has 2 aromatic rings. The van der Waals surface area contributed by atoms with Gasteiger partial charge in [-0.1, -0.05) is 67.8 Å². The van der Waals surface area contributed by atoms with Crippen LogP contribution < -0.4 is 0 Å². The molecule has 3 rings (SSSR count). The van der Waals surface area contributed by atoms with Crippen LogP contribution in [0.2, 0.25) is 0 Å². The quantitative estimate of drug-likeness (QED) is 0.250. The molecule has 8 nitrogen and oxygen atoms in total. The summed E-state index contributed by atoms with van der Waals surface area (Å²) in [5.74, 6) is 0.420. The van der Waals surface area contributed by atoms with Crippen molar-refractivity contribution in [1.82, 2.24) is 5.01 Å². The molecule has 8 heteroatoms. The molecule has 0 spiro atoms. The van der Waals surface area contributed by atoms with Crippen LogP contribution in [-0.2, 0) is 19.1 Å². The SMILES string of the molecule is COC(=O)C(=C=NC1CCCCC1)C(C(=O)OC)N(/N=C/c1ccccc1)C(=O)c1ccccc1. The summed E-state index contributed by atoms with van der Waals surface area (Å²) in [7, 11) is 2.37. The van der Waals surface area contributed by atoms with E-state index in [4.69, 9.17) is 9.47 Å². The van der Waals surface area contributed by atoms with E-state index < -0.39 is 23.9 Å². The minimum absolute atomic E-state index is 0.0206. The van der Waals surface area contributed by atoms with Crippen molar-refractivity contribution >= 4 is 29.9 Å². The number of carbonyl (C=O) groups is 3. The maximum atomic E-state index is 13.5. The van der Waals surface area contributed by atoms with Gasteiger partial charge in [0, 0.05) is 5.56 Å². The van der Waals surface area contributed by atoms with Crippen molar-refractivity contribution in [3.8, 4) is 0 Å². The first-order valence-electron chi connectivity index (χ1n) is 11.5. The molecule has 0 heterocycles. The number of benzene rings is 2. The molecule has 35 heavy (non-hydrogen) atoms. The minimum atomic E-state index is -1.55. The van der Waals surface area contributed by atoms with E-state index in [0.717, 1.165) is 37.1 Å². The van der Waals surface area contributed by atoms with Gasteiger partial charge in [-0.3, -0.25) is 4.79 Å². The lowest BCUT2D eigenvalue weighted by molar-refractivity contribution is -0.147. The molecule has 0 saturated heterocycles. The number of ether oxygens (including phenoxy) is 2. The second-order valence-corrected chi connectivity index (χ2v) is 8.03. The first-order chi connectivity index (χ1) is 17.0. The highest BCUT2D eigenvalue weighted by atomic mass is 16.5. The Balaban J connectivity index is 2.12. The Morgan fingerprint density at radius 1 is 0.943 bits per heavy atom. The van der Waals surface area contributed by atoms with Gasteiger partial charge in [0.05, 0.1) is 26.5 Å². The fraction of sp³-hybridized carbons (Fsp3) is 0.333. The van der Waals surface area contributed by atoms with E-state index in [1.54, 1.807) is 42.5 Å². The van der Waals surface area contributed by atoms with Gasteiger partial charge in [0.1, 0.15) is 5.57 Å². The van der Waals surface area contributed by atoms with Crippen molar-refractivity contribution in [1.29, 1.82) is 0 Å². The predicted molar refractivity (Wildman–Crippen MR) is 132 cm³/mol. The van der Waals surface area contributed by atoms with E-state index in [1.165, 1.54) is 20.4 Å². The number of amides is 1. The van der Waals surface area contributed by atoms with Gasteiger partial charge in [0.2, 0.25) is 0 Å². The number of methoxy groups -OCH3 is 2. The molecule has 1 aliphatic rings. The summed E-state index contributed by atoms with van der Waals surface area (Å²) in [5.41, 5.74) is 0.723. The molecule has 0 aliphatic heterocycles. The van der Waals surface area contributed by atoms with Gasteiger partial charge in [0.15, 0.2) is 6.04 Å². The van der Waals surface area contributed by atoms with Crippen LogP contribution in [0.25, 0.3) is 0 Å². The summed E-state index contributed by atoms with van der Waals surface area (Å²) in [5, 5.41) is 5.24. The van der Waals surface area contributed by atoms with E-state index >= 15 is 0 Å². The Hall–Kier alpha value is -4.03. The number of aliphatic imine (C=N–C) groups is 1. The smallest absolute Gasteiger partial charge is 0.346 e. The van der Waals surface area contributed by atoms with E-state index in [-0.39, 0.29) is 17.2 Å². The van der Waals surface area contributed by atoms with Crippen LogP contribution in [0.15, 0.2) is 76.3 Å². The number of hydrazone groups is 1. The maximum absolute atomic E-state index is 13.5. The Labute approximate surface area is 204 Å². The summed E-state index contributed by atoms with van der Waals surface area (Å²) in [4.78, 5) is 43.8. The van der Waals surface area contributed by atoms with Gasteiger partial charge in [-0.05, 0) is 36.4 Å². The molecule has 0 N–H and O–H groups in total. The van der Waals surface area contributed by atoms with Crippen molar-refractivity contribution in [2.24, 2.45) is 10.1 Å². The van der Waals surface area contributed by atoms with Crippen LogP contribution in [0.3, 0.4) is 0 Å². The molecule has 1 atom stereocenters. The Morgan fingerprint density at radius 3 is 2.17 bits per heavy atom. The topological polar surface area (TPSA) is 97.6 Å². The average molecular weight is 476 g/mol. The lowest BCUT2D eigenvalue weighted by Gasteiger charge is -2.25. The van der Waals surface area contributed by atoms with Gasteiger partial charge in [-0.2, -0.15) is 5.10 Å². The number of esters is 2. The zero-order valence-corrected chi connectivity index (χ0v) is 19.9. The molecule has 0 radical (unpaired) electrons. The zero-order valence-electron chi connectivity index (χ0n) is 19.9. The van der Waals surface area contributed by atoms with Gasteiger partial charge < -0.3 is 9.47 Å². The highest BCUT2D eigenvalue weighted by Crippen LogP contribution is 2.21. The van der Waals surface area contributed by atoms with Crippen LogP contribution in [0.4, 0.5) is 0 Å². The molecule has 1 amide bonds. The van der Waals surface area contributed by atoms with E-state index in [1.807, 2.05) is 18.2 Å². The number of carbonyl (C=O) groups excluding carboxylic acids is 3. The third kappa shape index (κ3) is 6.98. The highest BCUT2D eigenvalue weighted by Gasteiger charge is 2.39. The molecule has 1 fully saturated rings. The van der Waals surface area contributed by atoms with Crippen LogP contribution in [0.5, 0.6) is 0 Å². The molecule has 1 unspecified atom stereocenters. The maximum Gasteiger partial charge on any atom is 0.346 e. The molecule has 0 bridgehead atoms. The number of nitrogens with zero attached hydrogens (tertiary/aromatic N) is 3. The van der Waals surface area contributed by atoms with Crippen molar-refractivity contribution in [3.63, 3.8) is 0 Å². The van der Waals surface area contributed by atoms with Crippen molar-refractivity contribution in [2.45, 2.75) is 44.2 Å². The Bertz CT molecular complexity index is 1100. The molecule has 1 aliphatic carbocycles. The summed E-state index contributed by atoms with van der Waals surface area (Å²) in [6, 6.07) is 15.9. The molecule has 182 valence electrons. The lowest BCUT2D eigenvalue weighted by Crippen LogP contribution is -2.46. The standard InChI is InChI=1S/C27H29N3O5/c1-34-26(32)23(19-28-22-16-10-5-11-17-22)24(27(33)35-2)30(25(31)21-14-8-4-9-15-21)29-18-20-12-6-3-7-13-20/h3-4,6-9,12-15,18,22,24H,5,10-11,16-17H2,1-2H3/b29-18+. The van der Waals surface area contributed by atoms with Crippen LogP contribution >= 0.6 is 0 Å². The number of hydrogen-bond donors (Lipinski definition) is 0. The first kappa shape index (κ1) is 25.6. The Kier molecular flexibility index (Phi) is 9.51. The van der Waals surface area contributed by atoms with Crippen molar-refractivity contribution in [3.05, 3.63) is 77.4 Å². The summed E-state index contributed by atoms with van der Waals surface area (Å²) in [6.07, 6.45) is 6.36. The van der Waals surface area contributed by atoms with Crippen LogP contribution in [0.1, 0.15) is 48.0 Å². The average Bonchev–Trinajstić information content (AvgIpc) is 2.92. The van der Waals surface area contributed by atoms with E-state index in [9.17, 15) is 14.4 Å². The fourth-order valence-electron chi connectivity index (χ4n) is 3.77. The Morgan fingerprint density at radius 2 is 1.57 bits per heavy atom. The number of hydrogen-bond acceptors (Lipinski definition) is 7. The normalized spacial score (nSPS) is 14.5. The molecular weight excluding hydrogens is 446 g/mol. The van der Waals surface area contributed by atoms with Gasteiger partial charge >= 0.3 is 11.9 Å². The van der Waals surface area contributed by atoms with E-state index in [2.05, 4.69) is 16.0 Å². The van der Waals surface area contributed by atoms with E-state index in [0.29, 0.717) is 5.56 Å². The third-order valence-corrected chi connectivity index (χ3v) is 5.65. The molecule has 2 aromatic carbocycles. The largest absolute Gasteiger partial charge is 0.467 e. The lowest BCUT2D eigenvalue weighted by atomic mass is 9.96. The summed E-state index contributed by atoms with van der Waals surface area (Å²) < 4.78 is 9.91. The van der Waals surface area contributed by atoms with Crippen LogP contribution in [-0.4, -0.2) is 61.2 Å². The van der Waals surface area contributed by atoms with Gasteiger partial charge in [0.25, 0.3) is 5.91 Å². The van der Waals surface area contributed by atoms with Gasteiger partial charge in [-0.25, -0.2) is 19.6 Å². The van der Waals surface area contributed by atoms with Gasteiger partial charge in [-0.15, -0.1) is 0 Å². The number of rotatable bonds is 8. The summed E-state index contributed by atoms with van der Waals surface area (Å²) in [6.45, 7) is 0. The van der Waals surface area contributed by atoms with Crippen LogP contribution in [0, 0.1) is 0 Å². The second-order valence-electron chi connectivity index (χ2n) is 8.03. The van der Waals surface area contributed by atoms with Crippen molar-refractivity contribution < 1.29 is 23.9 Å². The molecule has 0 aromatic heterocycles. The fourth-order valence-corrected chi connectivity index (χ4v) is 3.77. The molecular formula is C27H29N3O5. The zero-order chi connectivity index (χ0) is 25.0. The minimum Gasteiger partial charge on any atom is -0.467 e. The monoisotopic (exact) mass is 475 g/mol. The summed E-state index contributed by atoms with van der Waals surface area (Å²) >= 11 is 0. The highest BCUT2D eigenvalue weighted by molar-refractivity contribution is 6.08. The molecule has 1 saturated carbocycles. The third-order valence-electron chi connectivity index (χ3n) is 5.65. The second kappa shape index (κ2) is 13.0. The first-order valence-corrected chi connectivity index (χ1v) is 11.5.